The third-order valence-electron chi connectivity index (χ3n) is 8.47. The number of rotatable bonds is 11. The summed E-state index contributed by atoms with van der Waals surface area (Å²) in [7, 11) is 0. The lowest BCUT2D eigenvalue weighted by atomic mass is 9.85. The number of carbonyl (C=O) groups excluding carboxylic acids is 6. The summed E-state index contributed by atoms with van der Waals surface area (Å²) < 4.78 is 0. The van der Waals surface area contributed by atoms with E-state index < -0.39 is 59.6 Å². The predicted molar refractivity (Wildman–Crippen MR) is 152 cm³/mol. The van der Waals surface area contributed by atoms with Gasteiger partial charge in [0.2, 0.25) is 17.6 Å². The average Bonchev–Trinajstić information content (AvgIpc) is 3.21. The largest absolute Gasteiger partial charge is 0.363 e. The van der Waals surface area contributed by atoms with Crippen LogP contribution in [0.1, 0.15) is 65.2 Å². The van der Waals surface area contributed by atoms with Gasteiger partial charge in [-0.15, -0.1) is 0 Å². The van der Waals surface area contributed by atoms with Crippen LogP contribution in [-0.2, 0) is 19.2 Å². The molecule has 3 rings (SSSR count). The fraction of sp³-hybridized carbons (Fsp3) is 0.600. The standard InChI is InChI=1S/C30H43N5O6/c1-16(2)19(13-20(36)17-11-9-8-10-12-17)33-28(41)34-24(29(3,4)5)27(40)35-15-18-22(30(18,6)7)23(35)26(39)32-14-21(37)25(31)38/h8-12,16,18-19,22-24H,13-15H2,1-7H3,(H2,31,38)(H,32,39)(H2,33,34,41)/t18?,19-,22-,23+,24-/m1/s1. The van der Waals surface area contributed by atoms with Crippen LogP contribution < -0.4 is 21.7 Å². The smallest absolute Gasteiger partial charge is 0.315 e. The van der Waals surface area contributed by atoms with E-state index >= 15 is 0 Å². The third-order valence-corrected chi connectivity index (χ3v) is 8.47. The van der Waals surface area contributed by atoms with Crippen LogP contribution in [0.4, 0.5) is 4.79 Å². The normalized spacial score (nSPS) is 22.2. The number of primary amides is 1. The zero-order chi connectivity index (χ0) is 30.9. The molecule has 5 N–H and O–H groups in total. The predicted octanol–water partition coefficient (Wildman–Crippen LogP) is 1.65. The Morgan fingerprint density at radius 2 is 1.63 bits per heavy atom. The first-order valence-corrected chi connectivity index (χ1v) is 14.0. The Bertz CT molecular complexity index is 1210. The lowest BCUT2D eigenvalue weighted by Crippen LogP contribution is -2.61. The summed E-state index contributed by atoms with van der Waals surface area (Å²) in [5.41, 5.74) is 4.67. The van der Waals surface area contributed by atoms with Gasteiger partial charge in [-0.05, 0) is 28.6 Å². The van der Waals surface area contributed by atoms with Gasteiger partial charge < -0.3 is 26.6 Å². The Morgan fingerprint density at radius 1 is 1.02 bits per heavy atom. The number of nitrogens with two attached hydrogens (primary N) is 1. The van der Waals surface area contributed by atoms with E-state index in [0.717, 1.165) is 0 Å². The number of urea groups is 1. The lowest BCUT2D eigenvalue weighted by molar-refractivity contribution is -0.144. The molecule has 1 unspecified atom stereocenters. The number of nitrogens with zero attached hydrogens (tertiary/aromatic N) is 1. The molecule has 1 saturated carbocycles. The van der Waals surface area contributed by atoms with Gasteiger partial charge in [-0.1, -0.05) is 78.8 Å². The molecule has 0 radical (unpaired) electrons. The molecular formula is C30H43N5O6. The topological polar surface area (TPSA) is 168 Å². The van der Waals surface area contributed by atoms with E-state index in [1.807, 2.05) is 54.5 Å². The third kappa shape index (κ3) is 7.12. The number of fused-ring (bicyclic) bond motifs is 1. The molecule has 224 valence electrons. The summed E-state index contributed by atoms with van der Waals surface area (Å²) in [5.74, 6) is -3.24. The fourth-order valence-corrected chi connectivity index (χ4v) is 5.72. The second-order valence-electron chi connectivity index (χ2n) is 13.2. The molecule has 41 heavy (non-hydrogen) atoms. The van der Waals surface area contributed by atoms with Gasteiger partial charge in [-0.25, -0.2) is 4.79 Å². The molecule has 11 nitrogen and oxygen atoms in total. The summed E-state index contributed by atoms with van der Waals surface area (Å²) in [4.78, 5) is 77.5. The lowest BCUT2D eigenvalue weighted by Gasteiger charge is -2.38. The van der Waals surface area contributed by atoms with Crippen LogP contribution in [-0.4, -0.2) is 71.4 Å². The number of ketones is 2. The maximum atomic E-state index is 14.0. The second kappa shape index (κ2) is 12.0. The summed E-state index contributed by atoms with van der Waals surface area (Å²) in [5, 5.41) is 8.14. The van der Waals surface area contributed by atoms with E-state index in [2.05, 4.69) is 16.0 Å². The number of Topliss-reactive ketones (excluding diaryl/α,β-unsaturated/α-hetero) is 2. The molecular weight excluding hydrogens is 526 g/mol. The highest BCUT2D eigenvalue weighted by atomic mass is 16.2. The second-order valence-corrected chi connectivity index (χ2v) is 13.2. The van der Waals surface area contributed by atoms with Crippen molar-refractivity contribution in [1.29, 1.82) is 0 Å². The molecule has 2 fully saturated rings. The Morgan fingerprint density at radius 3 is 2.17 bits per heavy atom. The van der Waals surface area contributed by atoms with Crippen LogP contribution in [0.15, 0.2) is 30.3 Å². The molecule has 5 amide bonds. The maximum Gasteiger partial charge on any atom is 0.315 e. The molecule has 0 spiro atoms. The summed E-state index contributed by atoms with van der Waals surface area (Å²) >= 11 is 0. The zero-order valence-electron chi connectivity index (χ0n) is 24.9. The van der Waals surface area contributed by atoms with Crippen molar-refractivity contribution >= 4 is 35.3 Å². The van der Waals surface area contributed by atoms with Crippen LogP contribution in [0.2, 0.25) is 0 Å². The van der Waals surface area contributed by atoms with Crippen LogP contribution >= 0.6 is 0 Å². The van der Waals surface area contributed by atoms with Crippen LogP contribution in [0.25, 0.3) is 0 Å². The van der Waals surface area contributed by atoms with Gasteiger partial charge >= 0.3 is 6.03 Å². The molecule has 1 aliphatic heterocycles. The minimum Gasteiger partial charge on any atom is -0.363 e. The van der Waals surface area contributed by atoms with Crippen LogP contribution in [0.3, 0.4) is 0 Å². The van der Waals surface area contributed by atoms with Crippen molar-refractivity contribution in [3.8, 4) is 0 Å². The number of piperidine rings is 1. The number of likely N-dealkylation sites (tertiary alicyclic amines) is 1. The number of hydrogen-bond acceptors (Lipinski definition) is 6. The van der Waals surface area contributed by atoms with Gasteiger partial charge in [0.15, 0.2) is 5.78 Å². The number of nitrogens with one attached hydrogen (secondary N) is 3. The van der Waals surface area contributed by atoms with Crippen LogP contribution in [0, 0.1) is 28.6 Å². The molecule has 1 aromatic carbocycles. The number of carbonyl (C=O) groups is 6. The highest BCUT2D eigenvalue weighted by molar-refractivity contribution is 6.36. The SMILES string of the molecule is CC(C)[C@@H](CC(=O)c1ccccc1)NC(=O)N[C@H](C(=O)N1CC2[C@H]([C@H]1C(=O)NCC(=O)C(N)=O)C2(C)C)C(C)(C)C. The van der Waals surface area contributed by atoms with Crippen molar-refractivity contribution in [1.82, 2.24) is 20.9 Å². The fourth-order valence-electron chi connectivity index (χ4n) is 5.72. The Balaban J connectivity index is 1.74. The van der Waals surface area contributed by atoms with Gasteiger partial charge in [0.05, 0.1) is 6.54 Å². The number of benzene rings is 1. The molecule has 5 atom stereocenters. The monoisotopic (exact) mass is 569 g/mol. The van der Waals surface area contributed by atoms with Gasteiger partial charge in [-0.3, -0.25) is 24.0 Å². The first-order chi connectivity index (χ1) is 19.0. The molecule has 11 heteroatoms. The molecule has 2 aliphatic rings. The van der Waals surface area contributed by atoms with Gasteiger partial charge in [0, 0.05) is 24.6 Å². The highest BCUT2D eigenvalue weighted by Crippen LogP contribution is 2.65. The highest BCUT2D eigenvalue weighted by Gasteiger charge is 2.69. The van der Waals surface area contributed by atoms with Crippen molar-refractivity contribution in [3.63, 3.8) is 0 Å². The number of amides is 5. The molecule has 0 bridgehead atoms. The van der Waals surface area contributed by atoms with Gasteiger partial charge in [0.1, 0.15) is 12.1 Å². The van der Waals surface area contributed by atoms with Gasteiger partial charge in [-0.2, -0.15) is 0 Å². The minimum atomic E-state index is -1.15. The molecule has 1 aliphatic carbocycles. The molecule has 1 heterocycles. The zero-order valence-corrected chi connectivity index (χ0v) is 24.9. The molecule has 1 saturated heterocycles. The summed E-state index contributed by atoms with van der Waals surface area (Å²) in [6, 6.07) is 5.95. The maximum absolute atomic E-state index is 14.0. The quantitative estimate of drug-likeness (QED) is 0.233. The molecule has 1 aromatic rings. The first kappa shape index (κ1) is 31.8. The molecule has 0 aromatic heterocycles. The van der Waals surface area contributed by atoms with E-state index in [9.17, 15) is 28.8 Å². The average molecular weight is 570 g/mol. The minimum absolute atomic E-state index is 0.0543. The van der Waals surface area contributed by atoms with Crippen molar-refractivity contribution < 1.29 is 28.8 Å². The first-order valence-electron chi connectivity index (χ1n) is 14.0. The summed E-state index contributed by atoms with van der Waals surface area (Å²) in [6.45, 7) is 13.1. The number of hydrogen-bond donors (Lipinski definition) is 4. The summed E-state index contributed by atoms with van der Waals surface area (Å²) in [6.07, 6.45) is 0.0973. The van der Waals surface area contributed by atoms with Crippen LogP contribution in [0.5, 0.6) is 0 Å². The Kier molecular flexibility index (Phi) is 9.30. The van der Waals surface area contributed by atoms with E-state index in [1.54, 1.807) is 24.3 Å². The van der Waals surface area contributed by atoms with Crippen molar-refractivity contribution in [2.45, 2.75) is 73.0 Å². The Labute approximate surface area is 241 Å². The van der Waals surface area contributed by atoms with E-state index in [4.69, 9.17) is 5.73 Å². The van der Waals surface area contributed by atoms with Crippen molar-refractivity contribution in [2.75, 3.05) is 13.1 Å². The van der Waals surface area contributed by atoms with Crippen molar-refractivity contribution in [3.05, 3.63) is 35.9 Å². The Hall–Kier alpha value is -3.76. The van der Waals surface area contributed by atoms with E-state index in [1.165, 1.54) is 4.90 Å². The van der Waals surface area contributed by atoms with E-state index in [0.29, 0.717) is 12.1 Å². The van der Waals surface area contributed by atoms with Crippen molar-refractivity contribution in [2.24, 2.45) is 34.3 Å². The van der Waals surface area contributed by atoms with Gasteiger partial charge in [0.25, 0.3) is 5.91 Å². The van der Waals surface area contributed by atoms with E-state index in [-0.39, 0.29) is 35.4 Å².